The summed E-state index contributed by atoms with van der Waals surface area (Å²) in [6.07, 6.45) is 5.03. The van der Waals surface area contributed by atoms with E-state index < -0.39 is 0 Å². The first-order valence-corrected chi connectivity index (χ1v) is 6.92. The summed E-state index contributed by atoms with van der Waals surface area (Å²) >= 11 is 0. The highest BCUT2D eigenvalue weighted by Gasteiger charge is 2.29. The van der Waals surface area contributed by atoms with Gasteiger partial charge in [0.05, 0.1) is 6.54 Å². The van der Waals surface area contributed by atoms with Gasteiger partial charge in [-0.15, -0.1) is 0 Å². The summed E-state index contributed by atoms with van der Waals surface area (Å²) in [5.74, 6) is 0.920. The van der Waals surface area contributed by atoms with E-state index in [2.05, 4.69) is 11.8 Å². The van der Waals surface area contributed by atoms with Crippen molar-refractivity contribution < 1.29 is 4.79 Å². The van der Waals surface area contributed by atoms with E-state index in [9.17, 15) is 4.79 Å². The molecule has 17 heavy (non-hydrogen) atoms. The van der Waals surface area contributed by atoms with Crippen molar-refractivity contribution in [2.75, 3.05) is 32.7 Å². The molecule has 2 heterocycles. The van der Waals surface area contributed by atoms with E-state index in [1.807, 2.05) is 4.90 Å². The monoisotopic (exact) mass is 239 g/mol. The first kappa shape index (κ1) is 12.8. The van der Waals surface area contributed by atoms with Gasteiger partial charge >= 0.3 is 0 Å². The van der Waals surface area contributed by atoms with Crippen molar-refractivity contribution in [2.24, 2.45) is 11.7 Å². The van der Waals surface area contributed by atoms with Crippen LogP contribution in [0.25, 0.3) is 0 Å². The van der Waals surface area contributed by atoms with Crippen LogP contribution >= 0.6 is 0 Å². The van der Waals surface area contributed by atoms with Crippen molar-refractivity contribution in [3.05, 3.63) is 0 Å². The van der Waals surface area contributed by atoms with Crippen LogP contribution in [0.15, 0.2) is 0 Å². The molecule has 98 valence electrons. The number of amides is 1. The molecule has 2 unspecified atom stereocenters. The number of likely N-dealkylation sites (tertiary alicyclic amines) is 2. The molecule has 1 amide bonds. The second-order valence-electron chi connectivity index (χ2n) is 5.58. The Hall–Kier alpha value is -0.610. The predicted octanol–water partition coefficient (Wildman–Crippen LogP) is 0.668. The minimum Gasteiger partial charge on any atom is -0.340 e. The first-order valence-electron chi connectivity index (χ1n) is 6.92. The fourth-order valence-electron chi connectivity index (χ4n) is 3.17. The molecule has 2 saturated heterocycles. The average molecular weight is 239 g/mol. The molecular formula is C13H25N3O. The van der Waals surface area contributed by atoms with Crippen LogP contribution in [0, 0.1) is 5.92 Å². The number of piperidine rings is 2. The van der Waals surface area contributed by atoms with Crippen molar-refractivity contribution in [3.63, 3.8) is 0 Å². The second kappa shape index (κ2) is 5.83. The maximum atomic E-state index is 11.6. The van der Waals surface area contributed by atoms with Crippen LogP contribution in [0.4, 0.5) is 0 Å². The summed E-state index contributed by atoms with van der Waals surface area (Å²) < 4.78 is 0. The molecule has 0 bridgehead atoms. The van der Waals surface area contributed by atoms with Crippen LogP contribution in [-0.4, -0.2) is 54.5 Å². The third kappa shape index (κ3) is 3.19. The number of carbonyl (C=O) groups is 1. The van der Waals surface area contributed by atoms with Crippen LogP contribution in [0.1, 0.15) is 32.6 Å². The van der Waals surface area contributed by atoms with Crippen molar-refractivity contribution in [1.29, 1.82) is 0 Å². The lowest BCUT2D eigenvalue weighted by Gasteiger charge is -2.42. The van der Waals surface area contributed by atoms with Crippen LogP contribution < -0.4 is 5.73 Å². The minimum atomic E-state index is 0.111. The van der Waals surface area contributed by atoms with E-state index in [1.165, 1.54) is 32.4 Å². The van der Waals surface area contributed by atoms with Crippen LogP contribution in [0.2, 0.25) is 0 Å². The van der Waals surface area contributed by atoms with Gasteiger partial charge < -0.3 is 10.6 Å². The van der Waals surface area contributed by atoms with Gasteiger partial charge in [0.2, 0.25) is 5.91 Å². The second-order valence-corrected chi connectivity index (χ2v) is 5.58. The van der Waals surface area contributed by atoms with Crippen molar-refractivity contribution >= 4 is 5.91 Å². The summed E-state index contributed by atoms with van der Waals surface area (Å²) in [6.45, 7) is 6.69. The van der Waals surface area contributed by atoms with Crippen molar-refractivity contribution in [1.82, 2.24) is 9.80 Å². The molecule has 0 aromatic rings. The van der Waals surface area contributed by atoms with Gasteiger partial charge in [-0.05, 0) is 38.1 Å². The lowest BCUT2D eigenvalue weighted by atomic mass is 9.95. The van der Waals surface area contributed by atoms with E-state index in [0.29, 0.717) is 6.04 Å². The van der Waals surface area contributed by atoms with Gasteiger partial charge in [-0.3, -0.25) is 9.69 Å². The molecule has 2 fully saturated rings. The standard InChI is InChI=1S/C13H25N3O/c1-11-4-2-6-15(9-11)12-5-3-7-16(10-12)13(17)8-14/h11-12H,2-10,14H2,1H3. The van der Waals surface area contributed by atoms with E-state index in [-0.39, 0.29) is 12.5 Å². The molecule has 0 aliphatic carbocycles. The molecule has 0 saturated carbocycles. The number of nitrogens with zero attached hydrogens (tertiary/aromatic N) is 2. The molecule has 0 aromatic heterocycles. The highest BCUT2D eigenvalue weighted by molar-refractivity contribution is 5.78. The predicted molar refractivity (Wildman–Crippen MR) is 68.6 cm³/mol. The summed E-state index contributed by atoms with van der Waals surface area (Å²) in [7, 11) is 0. The minimum absolute atomic E-state index is 0.111. The number of carbonyl (C=O) groups excluding carboxylic acids is 1. The fourth-order valence-corrected chi connectivity index (χ4v) is 3.17. The molecule has 0 radical (unpaired) electrons. The topological polar surface area (TPSA) is 49.6 Å². The Morgan fingerprint density at radius 2 is 2.00 bits per heavy atom. The number of rotatable bonds is 2. The number of hydrogen-bond donors (Lipinski definition) is 1. The molecule has 2 N–H and O–H groups in total. The zero-order valence-corrected chi connectivity index (χ0v) is 10.9. The van der Waals surface area contributed by atoms with E-state index in [4.69, 9.17) is 5.73 Å². The lowest BCUT2D eigenvalue weighted by molar-refractivity contribution is -0.132. The normalized spacial score (nSPS) is 31.5. The van der Waals surface area contributed by atoms with Gasteiger partial charge in [0.25, 0.3) is 0 Å². The highest BCUT2D eigenvalue weighted by atomic mass is 16.2. The van der Waals surface area contributed by atoms with Crippen LogP contribution in [0.3, 0.4) is 0 Å². The van der Waals surface area contributed by atoms with Gasteiger partial charge in [0.15, 0.2) is 0 Å². The Bertz CT molecular complexity index is 269. The maximum Gasteiger partial charge on any atom is 0.236 e. The Morgan fingerprint density at radius 3 is 2.71 bits per heavy atom. The summed E-state index contributed by atoms with van der Waals surface area (Å²) in [4.78, 5) is 16.2. The maximum absolute atomic E-state index is 11.6. The lowest BCUT2D eigenvalue weighted by Crippen LogP contribution is -2.53. The Balaban J connectivity index is 1.90. The summed E-state index contributed by atoms with van der Waals surface area (Å²) in [5, 5.41) is 0. The first-order chi connectivity index (χ1) is 8.20. The average Bonchev–Trinajstić information content (AvgIpc) is 2.38. The van der Waals surface area contributed by atoms with Crippen LogP contribution in [0.5, 0.6) is 0 Å². The van der Waals surface area contributed by atoms with Crippen LogP contribution in [-0.2, 0) is 4.79 Å². The Morgan fingerprint density at radius 1 is 1.24 bits per heavy atom. The molecule has 2 aliphatic rings. The fraction of sp³-hybridized carbons (Fsp3) is 0.923. The molecule has 0 aromatic carbocycles. The third-order valence-electron chi connectivity index (χ3n) is 4.13. The van der Waals surface area contributed by atoms with Gasteiger partial charge in [-0.1, -0.05) is 6.92 Å². The van der Waals surface area contributed by atoms with Gasteiger partial charge in [-0.2, -0.15) is 0 Å². The summed E-state index contributed by atoms with van der Waals surface area (Å²) in [6, 6.07) is 0.571. The number of nitrogens with two attached hydrogens (primary N) is 1. The zero-order valence-electron chi connectivity index (χ0n) is 10.9. The van der Waals surface area contributed by atoms with Gasteiger partial charge in [-0.25, -0.2) is 0 Å². The van der Waals surface area contributed by atoms with Crippen molar-refractivity contribution in [3.8, 4) is 0 Å². The molecule has 2 rings (SSSR count). The van der Waals surface area contributed by atoms with Crippen molar-refractivity contribution in [2.45, 2.75) is 38.6 Å². The SMILES string of the molecule is CC1CCCN(C2CCCN(C(=O)CN)C2)C1. The molecule has 0 spiro atoms. The molecule has 4 heteroatoms. The molecular weight excluding hydrogens is 214 g/mol. The molecule has 4 nitrogen and oxygen atoms in total. The molecule has 2 atom stereocenters. The highest BCUT2D eigenvalue weighted by Crippen LogP contribution is 2.22. The quantitative estimate of drug-likeness (QED) is 0.770. The Kier molecular flexibility index (Phi) is 4.40. The van der Waals surface area contributed by atoms with E-state index in [0.717, 1.165) is 25.4 Å². The van der Waals surface area contributed by atoms with Gasteiger partial charge in [0.1, 0.15) is 0 Å². The van der Waals surface area contributed by atoms with Gasteiger partial charge in [0, 0.05) is 25.7 Å². The zero-order chi connectivity index (χ0) is 12.3. The Labute approximate surface area is 104 Å². The van der Waals surface area contributed by atoms with E-state index >= 15 is 0 Å². The largest absolute Gasteiger partial charge is 0.340 e. The summed E-state index contributed by atoms with van der Waals surface area (Å²) in [5.41, 5.74) is 5.44. The smallest absolute Gasteiger partial charge is 0.236 e. The molecule has 2 aliphatic heterocycles. The third-order valence-corrected chi connectivity index (χ3v) is 4.13. The van der Waals surface area contributed by atoms with E-state index in [1.54, 1.807) is 0 Å². The number of hydrogen-bond acceptors (Lipinski definition) is 3.